The number of nitrogens with two attached hydrogens (primary N) is 1. The molecule has 1 unspecified atom stereocenters. The Kier molecular flexibility index (Phi) is 2.93. The van der Waals surface area contributed by atoms with Gasteiger partial charge in [-0.1, -0.05) is 12.1 Å². The maximum atomic E-state index is 9.19. The zero-order valence-electron chi connectivity index (χ0n) is 6.32. The van der Waals surface area contributed by atoms with Gasteiger partial charge >= 0.3 is 0 Å². The van der Waals surface area contributed by atoms with Crippen molar-refractivity contribution in [1.82, 2.24) is 0 Å². The quantitative estimate of drug-likeness (QED) is 0.662. The van der Waals surface area contributed by atoms with E-state index in [1.165, 1.54) is 11.9 Å². The first-order valence-electron chi connectivity index (χ1n) is 3.39. The standard InChI is InChI=1S/C8H11NOS/c1-6(10)7-3-2-4-8(5-7)11-9/h2-6,10H,9H2,1H3. The predicted molar refractivity (Wildman–Crippen MR) is 47.1 cm³/mol. The van der Waals surface area contributed by atoms with Crippen molar-refractivity contribution in [1.29, 1.82) is 0 Å². The molecule has 0 aliphatic heterocycles. The van der Waals surface area contributed by atoms with Gasteiger partial charge in [-0.05, 0) is 36.6 Å². The average Bonchev–Trinajstić information content (AvgIpc) is 2.05. The third-order valence-electron chi connectivity index (χ3n) is 1.48. The second kappa shape index (κ2) is 3.76. The van der Waals surface area contributed by atoms with Crippen LogP contribution in [0.15, 0.2) is 29.2 Å². The molecule has 0 aromatic heterocycles. The highest BCUT2D eigenvalue weighted by atomic mass is 32.2. The van der Waals surface area contributed by atoms with Crippen LogP contribution in [0.3, 0.4) is 0 Å². The number of aliphatic hydroxyl groups excluding tert-OH is 1. The van der Waals surface area contributed by atoms with Crippen molar-refractivity contribution >= 4 is 11.9 Å². The molecule has 1 aromatic rings. The Labute approximate surface area is 70.6 Å². The van der Waals surface area contributed by atoms with Gasteiger partial charge in [0.25, 0.3) is 0 Å². The van der Waals surface area contributed by atoms with Crippen molar-refractivity contribution in [2.75, 3.05) is 0 Å². The van der Waals surface area contributed by atoms with Gasteiger partial charge in [0.05, 0.1) is 6.10 Å². The van der Waals surface area contributed by atoms with Crippen LogP contribution in [0.4, 0.5) is 0 Å². The molecule has 1 atom stereocenters. The molecule has 1 rings (SSSR count). The summed E-state index contributed by atoms with van der Waals surface area (Å²) in [7, 11) is 0. The summed E-state index contributed by atoms with van der Waals surface area (Å²) in [5.74, 6) is 0. The summed E-state index contributed by atoms with van der Waals surface area (Å²) < 4.78 is 0. The number of benzene rings is 1. The first-order valence-corrected chi connectivity index (χ1v) is 4.27. The lowest BCUT2D eigenvalue weighted by Gasteiger charge is -2.04. The average molecular weight is 169 g/mol. The first-order chi connectivity index (χ1) is 5.24. The van der Waals surface area contributed by atoms with Crippen molar-refractivity contribution < 1.29 is 5.11 Å². The van der Waals surface area contributed by atoms with Crippen molar-refractivity contribution in [3.8, 4) is 0 Å². The minimum Gasteiger partial charge on any atom is -0.389 e. The normalized spacial score (nSPS) is 13.0. The van der Waals surface area contributed by atoms with E-state index in [1.807, 2.05) is 24.3 Å². The van der Waals surface area contributed by atoms with E-state index in [4.69, 9.17) is 5.14 Å². The van der Waals surface area contributed by atoms with Gasteiger partial charge in [-0.2, -0.15) is 0 Å². The lowest BCUT2D eigenvalue weighted by Crippen LogP contribution is -1.90. The van der Waals surface area contributed by atoms with Crippen LogP contribution in [-0.4, -0.2) is 5.11 Å². The summed E-state index contributed by atoms with van der Waals surface area (Å²) in [5.41, 5.74) is 0.903. The second-order valence-electron chi connectivity index (χ2n) is 2.37. The molecule has 3 heteroatoms. The van der Waals surface area contributed by atoms with Crippen LogP contribution in [0.25, 0.3) is 0 Å². The Hall–Kier alpha value is -0.510. The van der Waals surface area contributed by atoms with Crippen LogP contribution >= 0.6 is 11.9 Å². The van der Waals surface area contributed by atoms with Gasteiger partial charge < -0.3 is 5.11 Å². The summed E-state index contributed by atoms with van der Waals surface area (Å²) in [6.45, 7) is 1.74. The monoisotopic (exact) mass is 169 g/mol. The highest BCUT2D eigenvalue weighted by Gasteiger charge is 1.99. The van der Waals surface area contributed by atoms with Gasteiger partial charge in [0, 0.05) is 4.90 Å². The van der Waals surface area contributed by atoms with Crippen LogP contribution in [-0.2, 0) is 0 Å². The Bertz CT molecular complexity index is 237. The molecule has 0 radical (unpaired) electrons. The highest BCUT2D eigenvalue weighted by molar-refractivity contribution is 7.97. The second-order valence-corrected chi connectivity index (χ2v) is 3.07. The Balaban J connectivity index is 2.91. The maximum absolute atomic E-state index is 9.19. The fraction of sp³-hybridized carbons (Fsp3) is 0.250. The number of aliphatic hydroxyl groups is 1. The van der Waals surface area contributed by atoms with E-state index < -0.39 is 6.10 Å². The molecule has 0 amide bonds. The Morgan fingerprint density at radius 2 is 2.27 bits per heavy atom. The summed E-state index contributed by atoms with van der Waals surface area (Å²) in [4.78, 5) is 0.975. The van der Waals surface area contributed by atoms with Crippen molar-refractivity contribution in [2.45, 2.75) is 17.9 Å². The molecule has 11 heavy (non-hydrogen) atoms. The number of hydrogen-bond acceptors (Lipinski definition) is 3. The molecule has 0 aliphatic rings. The van der Waals surface area contributed by atoms with Gasteiger partial charge in [0.1, 0.15) is 0 Å². The van der Waals surface area contributed by atoms with Crippen LogP contribution in [0.1, 0.15) is 18.6 Å². The molecule has 0 aliphatic carbocycles. The lowest BCUT2D eigenvalue weighted by molar-refractivity contribution is 0.199. The van der Waals surface area contributed by atoms with Gasteiger partial charge in [-0.15, -0.1) is 0 Å². The van der Waals surface area contributed by atoms with E-state index in [9.17, 15) is 5.11 Å². The SMILES string of the molecule is CC(O)c1cccc(SN)c1. The van der Waals surface area contributed by atoms with E-state index in [-0.39, 0.29) is 0 Å². The minimum atomic E-state index is -0.415. The molecular formula is C8H11NOS. The lowest BCUT2D eigenvalue weighted by atomic mass is 10.1. The molecule has 0 fully saturated rings. The van der Waals surface area contributed by atoms with E-state index in [2.05, 4.69) is 0 Å². The Morgan fingerprint density at radius 3 is 2.82 bits per heavy atom. The molecule has 0 spiro atoms. The summed E-state index contributed by atoms with van der Waals surface area (Å²) in [6.07, 6.45) is -0.415. The fourth-order valence-corrected chi connectivity index (χ4v) is 1.21. The van der Waals surface area contributed by atoms with Gasteiger partial charge in [-0.25, -0.2) is 0 Å². The number of hydrogen-bond donors (Lipinski definition) is 2. The highest BCUT2D eigenvalue weighted by Crippen LogP contribution is 2.18. The number of rotatable bonds is 2. The van der Waals surface area contributed by atoms with Crippen molar-refractivity contribution in [2.24, 2.45) is 5.14 Å². The predicted octanol–water partition coefficient (Wildman–Crippen LogP) is 1.71. The van der Waals surface area contributed by atoms with E-state index >= 15 is 0 Å². The molecule has 0 bridgehead atoms. The molecule has 60 valence electrons. The maximum Gasteiger partial charge on any atom is 0.0762 e. The molecule has 0 saturated heterocycles. The van der Waals surface area contributed by atoms with Gasteiger partial charge in [-0.3, -0.25) is 5.14 Å². The molecule has 0 saturated carbocycles. The van der Waals surface area contributed by atoms with E-state index in [0.717, 1.165) is 10.5 Å². The van der Waals surface area contributed by atoms with Gasteiger partial charge in [0.15, 0.2) is 0 Å². The summed E-state index contributed by atoms with van der Waals surface area (Å²) >= 11 is 1.19. The van der Waals surface area contributed by atoms with Gasteiger partial charge in [0.2, 0.25) is 0 Å². The Morgan fingerprint density at radius 1 is 1.55 bits per heavy atom. The summed E-state index contributed by atoms with van der Waals surface area (Å²) in [5, 5.41) is 14.5. The molecule has 2 nitrogen and oxygen atoms in total. The molecule has 1 aromatic carbocycles. The van der Waals surface area contributed by atoms with Crippen molar-refractivity contribution in [3.63, 3.8) is 0 Å². The zero-order valence-corrected chi connectivity index (χ0v) is 7.14. The smallest absolute Gasteiger partial charge is 0.0762 e. The van der Waals surface area contributed by atoms with E-state index in [1.54, 1.807) is 6.92 Å². The molecule has 0 heterocycles. The van der Waals surface area contributed by atoms with Crippen LogP contribution < -0.4 is 5.14 Å². The van der Waals surface area contributed by atoms with Crippen LogP contribution in [0, 0.1) is 0 Å². The van der Waals surface area contributed by atoms with E-state index in [0.29, 0.717) is 0 Å². The zero-order chi connectivity index (χ0) is 8.27. The topological polar surface area (TPSA) is 46.2 Å². The third kappa shape index (κ3) is 2.22. The van der Waals surface area contributed by atoms with Crippen LogP contribution in [0.2, 0.25) is 0 Å². The summed E-state index contributed by atoms with van der Waals surface area (Å²) in [6, 6.07) is 7.56. The third-order valence-corrected chi connectivity index (χ3v) is 2.00. The minimum absolute atomic E-state index is 0.415. The van der Waals surface area contributed by atoms with Crippen molar-refractivity contribution in [3.05, 3.63) is 29.8 Å². The van der Waals surface area contributed by atoms with Crippen LogP contribution in [0.5, 0.6) is 0 Å². The molecule has 3 N–H and O–H groups in total. The molecular weight excluding hydrogens is 158 g/mol. The fourth-order valence-electron chi connectivity index (χ4n) is 0.848. The first kappa shape index (κ1) is 8.59. The largest absolute Gasteiger partial charge is 0.389 e.